The fourth-order valence-electron chi connectivity index (χ4n) is 2.39. The molecule has 0 atom stereocenters. The fourth-order valence-corrected chi connectivity index (χ4v) is 5.47. The minimum atomic E-state index is -4.30. The summed E-state index contributed by atoms with van der Waals surface area (Å²) in [5.74, 6) is 0. The molecule has 23 heavy (non-hydrogen) atoms. The van der Waals surface area contributed by atoms with E-state index in [-0.39, 0.29) is 9.79 Å². The number of hydrogen-bond acceptors (Lipinski definition) is 4. The summed E-state index contributed by atoms with van der Waals surface area (Å²) < 4.78 is 52.7. The summed E-state index contributed by atoms with van der Waals surface area (Å²) in [5.41, 5.74) is 2.70. The molecule has 0 amide bonds. The smallest absolute Gasteiger partial charge is 0.112 e. The summed E-state index contributed by atoms with van der Waals surface area (Å²) >= 11 is 0. The van der Waals surface area contributed by atoms with Gasteiger partial charge in [0.15, 0.2) is 0 Å². The SMILES string of the molecule is Cc1ccc(S(=O)(=O)[N-]S(=O)(=O)c2ccc(C)cc2C)c(C)c1. The standard InChI is InChI=1S/C16H18NO4S2/c1-11-5-7-15(13(3)9-11)22(18,19)17-23(20,21)16-8-6-12(2)10-14(16)4/h5-10H,1-4H3/q-1. The molecule has 124 valence electrons. The van der Waals surface area contributed by atoms with E-state index in [1.807, 2.05) is 13.8 Å². The predicted molar refractivity (Wildman–Crippen MR) is 89.6 cm³/mol. The van der Waals surface area contributed by atoms with Crippen LogP contribution < -0.4 is 0 Å². The molecule has 0 heterocycles. The van der Waals surface area contributed by atoms with Crippen molar-refractivity contribution < 1.29 is 16.8 Å². The number of aryl methyl sites for hydroxylation is 4. The first-order chi connectivity index (χ1) is 10.5. The molecule has 0 fully saturated rings. The van der Waals surface area contributed by atoms with Crippen molar-refractivity contribution in [2.24, 2.45) is 0 Å². The minimum Gasteiger partial charge on any atom is -0.428 e. The maximum Gasteiger partial charge on any atom is 0.112 e. The van der Waals surface area contributed by atoms with Gasteiger partial charge in [-0.2, -0.15) is 0 Å². The van der Waals surface area contributed by atoms with Crippen molar-refractivity contribution in [1.29, 1.82) is 0 Å². The summed E-state index contributed by atoms with van der Waals surface area (Å²) in [6.45, 7) is 6.87. The maximum atomic E-state index is 12.4. The van der Waals surface area contributed by atoms with E-state index >= 15 is 0 Å². The van der Waals surface area contributed by atoms with E-state index in [2.05, 4.69) is 4.13 Å². The lowest BCUT2D eigenvalue weighted by Crippen LogP contribution is -2.10. The van der Waals surface area contributed by atoms with Gasteiger partial charge in [-0.05, 0) is 51.0 Å². The summed E-state index contributed by atoms with van der Waals surface area (Å²) in [4.78, 5) is -0.201. The zero-order valence-corrected chi connectivity index (χ0v) is 15.0. The summed E-state index contributed by atoms with van der Waals surface area (Å²) in [5, 5.41) is 0. The first kappa shape index (κ1) is 17.7. The molecule has 0 N–H and O–H groups in total. The van der Waals surface area contributed by atoms with Gasteiger partial charge in [0, 0.05) is 0 Å². The Morgan fingerprint density at radius 2 is 1.00 bits per heavy atom. The van der Waals surface area contributed by atoms with Crippen LogP contribution in [0.3, 0.4) is 0 Å². The second-order valence-electron chi connectivity index (χ2n) is 5.56. The Balaban J connectivity index is 2.47. The third kappa shape index (κ3) is 3.80. The quantitative estimate of drug-likeness (QED) is 0.844. The van der Waals surface area contributed by atoms with Crippen LogP contribution in [0.4, 0.5) is 0 Å². The summed E-state index contributed by atoms with van der Waals surface area (Å²) in [7, 11) is -8.61. The van der Waals surface area contributed by atoms with Crippen LogP contribution >= 0.6 is 0 Å². The number of hydrogen-bond donors (Lipinski definition) is 0. The molecule has 0 bridgehead atoms. The Morgan fingerprint density at radius 1 is 0.652 bits per heavy atom. The molecule has 0 spiro atoms. The number of nitrogens with zero attached hydrogens (tertiary/aromatic N) is 1. The van der Waals surface area contributed by atoms with Gasteiger partial charge in [-0.3, -0.25) is 0 Å². The van der Waals surface area contributed by atoms with E-state index in [4.69, 9.17) is 0 Å². The third-order valence-corrected chi connectivity index (χ3v) is 7.01. The molecule has 5 nitrogen and oxygen atoms in total. The Morgan fingerprint density at radius 3 is 1.30 bits per heavy atom. The van der Waals surface area contributed by atoms with E-state index in [0.717, 1.165) is 11.1 Å². The highest BCUT2D eigenvalue weighted by atomic mass is 32.3. The highest BCUT2D eigenvalue weighted by Crippen LogP contribution is 2.29. The molecule has 0 aromatic heterocycles. The second-order valence-corrected chi connectivity index (χ2v) is 8.94. The van der Waals surface area contributed by atoms with Crippen LogP contribution in [0.5, 0.6) is 0 Å². The molecular formula is C16H18NO4S2-. The average Bonchev–Trinajstić information content (AvgIpc) is 2.35. The zero-order valence-electron chi connectivity index (χ0n) is 13.4. The van der Waals surface area contributed by atoms with Gasteiger partial charge in [0.2, 0.25) is 0 Å². The Bertz CT molecular complexity index is 882. The van der Waals surface area contributed by atoms with E-state index in [1.165, 1.54) is 12.1 Å². The van der Waals surface area contributed by atoms with E-state index < -0.39 is 20.0 Å². The lowest BCUT2D eigenvalue weighted by atomic mass is 10.2. The molecular weight excluding hydrogens is 334 g/mol. The second kappa shape index (κ2) is 6.07. The highest BCUT2D eigenvalue weighted by molar-refractivity contribution is 8.12. The Hall–Kier alpha value is -1.70. The normalized spacial score (nSPS) is 12.3. The van der Waals surface area contributed by atoms with Gasteiger partial charge in [-0.15, -0.1) is 0 Å². The van der Waals surface area contributed by atoms with Gasteiger partial charge < -0.3 is 4.13 Å². The van der Waals surface area contributed by atoms with Crippen molar-refractivity contribution in [3.05, 3.63) is 62.8 Å². The molecule has 0 aliphatic rings. The molecule has 0 saturated carbocycles. The van der Waals surface area contributed by atoms with Gasteiger partial charge in [0.25, 0.3) is 0 Å². The number of sulfonamides is 2. The van der Waals surface area contributed by atoms with Gasteiger partial charge >= 0.3 is 0 Å². The van der Waals surface area contributed by atoms with E-state index in [1.54, 1.807) is 38.1 Å². The lowest BCUT2D eigenvalue weighted by Gasteiger charge is -2.23. The van der Waals surface area contributed by atoms with Crippen LogP contribution in [0.2, 0.25) is 0 Å². The summed E-state index contributed by atoms with van der Waals surface area (Å²) in [6.07, 6.45) is 0. The molecule has 0 unspecified atom stereocenters. The fraction of sp³-hybridized carbons (Fsp3) is 0.250. The molecule has 2 aromatic carbocycles. The monoisotopic (exact) mass is 352 g/mol. The largest absolute Gasteiger partial charge is 0.428 e. The molecule has 0 radical (unpaired) electrons. The van der Waals surface area contributed by atoms with Crippen LogP contribution in [0.15, 0.2) is 46.2 Å². The maximum absolute atomic E-state index is 12.4. The van der Waals surface area contributed by atoms with Gasteiger partial charge in [-0.1, -0.05) is 35.4 Å². The van der Waals surface area contributed by atoms with Gasteiger partial charge in [-0.25, -0.2) is 16.8 Å². The zero-order chi connectivity index (χ0) is 17.4. The summed E-state index contributed by atoms with van der Waals surface area (Å²) in [6, 6.07) is 9.32. The van der Waals surface area contributed by atoms with Crippen molar-refractivity contribution in [2.75, 3.05) is 0 Å². The predicted octanol–water partition coefficient (Wildman–Crippen LogP) is 3.37. The molecule has 2 aromatic rings. The molecule has 0 saturated heterocycles. The van der Waals surface area contributed by atoms with Crippen LogP contribution in [0.25, 0.3) is 4.13 Å². The van der Waals surface area contributed by atoms with E-state index in [0.29, 0.717) is 11.1 Å². The van der Waals surface area contributed by atoms with E-state index in [9.17, 15) is 16.8 Å². The van der Waals surface area contributed by atoms with Crippen LogP contribution in [0, 0.1) is 27.7 Å². The number of rotatable bonds is 4. The topological polar surface area (TPSA) is 82.4 Å². The Kier molecular flexibility index (Phi) is 4.66. The average molecular weight is 352 g/mol. The van der Waals surface area contributed by atoms with Crippen LogP contribution in [-0.4, -0.2) is 16.8 Å². The minimum absolute atomic E-state index is 0.101. The van der Waals surface area contributed by atoms with Crippen molar-refractivity contribution in [3.63, 3.8) is 0 Å². The highest BCUT2D eigenvalue weighted by Gasteiger charge is 2.16. The van der Waals surface area contributed by atoms with Crippen molar-refractivity contribution in [1.82, 2.24) is 0 Å². The van der Waals surface area contributed by atoms with Crippen LogP contribution in [0.1, 0.15) is 22.3 Å². The van der Waals surface area contributed by atoms with Crippen molar-refractivity contribution >= 4 is 20.0 Å². The third-order valence-electron chi connectivity index (χ3n) is 3.41. The van der Waals surface area contributed by atoms with Gasteiger partial charge in [0.05, 0.1) is 9.79 Å². The van der Waals surface area contributed by atoms with Crippen LogP contribution in [-0.2, 0) is 20.0 Å². The lowest BCUT2D eigenvalue weighted by molar-refractivity contribution is 0.595. The molecule has 7 heteroatoms. The molecule has 2 rings (SSSR count). The first-order valence-corrected chi connectivity index (χ1v) is 9.80. The number of benzene rings is 2. The van der Waals surface area contributed by atoms with Crippen molar-refractivity contribution in [2.45, 2.75) is 37.5 Å². The Labute approximate surface area is 137 Å². The van der Waals surface area contributed by atoms with Crippen molar-refractivity contribution in [3.8, 4) is 0 Å². The first-order valence-electron chi connectivity index (χ1n) is 6.92. The molecule has 0 aliphatic heterocycles. The van der Waals surface area contributed by atoms with Gasteiger partial charge in [0.1, 0.15) is 20.0 Å². The molecule has 0 aliphatic carbocycles.